The van der Waals surface area contributed by atoms with Crippen LogP contribution in [0.25, 0.3) is 0 Å². The van der Waals surface area contributed by atoms with Crippen molar-refractivity contribution >= 4 is 0 Å². The number of nitrogens with two attached hydrogens (primary N) is 1. The molecule has 0 aliphatic carbocycles. The summed E-state index contributed by atoms with van der Waals surface area (Å²) in [7, 11) is 1.60. The molecule has 4 nitrogen and oxygen atoms in total. The zero-order valence-electron chi connectivity index (χ0n) is 12.8. The van der Waals surface area contributed by atoms with Gasteiger partial charge in [0.25, 0.3) is 0 Å². The first kappa shape index (κ1) is 13.8. The molecule has 0 bridgehead atoms. The minimum absolute atomic E-state index is 0.260. The lowest BCUT2D eigenvalue weighted by atomic mass is 10.0. The van der Waals surface area contributed by atoms with Crippen LogP contribution < -0.4 is 10.5 Å². The third kappa shape index (κ3) is 4.44. The lowest BCUT2D eigenvalue weighted by Crippen LogP contribution is -2.51. The second kappa shape index (κ2) is 7.57. The van der Waals surface area contributed by atoms with Crippen molar-refractivity contribution in [3.8, 4) is 5.75 Å². The van der Waals surface area contributed by atoms with Crippen LogP contribution in [0.15, 0.2) is 24.3 Å². The van der Waals surface area contributed by atoms with Crippen LogP contribution >= 0.6 is 0 Å². The third-order valence-electron chi connectivity index (χ3n) is 3.54. The first-order valence-electron chi connectivity index (χ1n) is 7.43. The van der Waals surface area contributed by atoms with Gasteiger partial charge in [0.05, 0.1) is 12.7 Å². The number of halogens is 1. The minimum Gasteiger partial charge on any atom is -0.494 e. The smallest absolute Gasteiger partial charge is 0.123 e. The Balaban J connectivity index is 1.68. The highest BCUT2D eigenvalue weighted by atomic mass is 19.1. The highest BCUT2D eigenvalue weighted by Crippen LogP contribution is 2.13. The maximum Gasteiger partial charge on any atom is 0.123 e. The predicted molar refractivity (Wildman–Crippen MR) is 76.3 cm³/mol. The van der Waals surface area contributed by atoms with Gasteiger partial charge in [-0.3, -0.25) is 0 Å². The zero-order valence-corrected chi connectivity index (χ0v) is 11.8. The average molecular weight is 284 g/mol. The molecule has 1 saturated heterocycles. The number of piperidine rings is 1. The Morgan fingerprint density at radius 2 is 2.20 bits per heavy atom. The molecule has 1 heterocycles. The van der Waals surface area contributed by atoms with Crippen LogP contribution in [-0.2, 0) is 4.74 Å². The van der Waals surface area contributed by atoms with Crippen molar-refractivity contribution in [2.45, 2.75) is 25.0 Å². The summed E-state index contributed by atoms with van der Waals surface area (Å²) in [6.07, 6.45) is 1.21. The Labute approximate surface area is 121 Å². The Bertz CT molecular complexity index is 442. The molecule has 0 spiro atoms. The highest BCUT2D eigenvalue weighted by molar-refractivity contribution is 5.21. The number of hydrogen-bond acceptors (Lipinski definition) is 4. The summed E-state index contributed by atoms with van der Waals surface area (Å²) in [6, 6.07) is 5.03. The van der Waals surface area contributed by atoms with Gasteiger partial charge in [-0.2, -0.15) is 0 Å². The third-order valence-corrected chi connectivity index (χ3v) is 3.54. The van der Waals surface area contributed by atoms with Crippen LogP contribution in [0.5, 0.6) is 5.75 Å². The molecule has 0 radical (unpaired) electrons. The number of likely N-dealkylation sites (tertiary alicyclic amines) is 1. The van der Waals surface area contributed by atoms with Gasteiger partial charge in [-0.1, -0.05) is 0 Å². The fraction of sp³-hybridized carbons (Fsp3) is 0.600. The average Bonchev–Trinajstić information content (AvgIpc) is 2.46. The van der Waals surface area contributed by atoms with Crippen molar-refractivity contribution in [3.63, 3.8) is 0 Å². The van der Waals surface area contributed by atoms with Crippen LogP contribution in [0.1, 0.15) is 14.2 Å². The Hall–Kier alpha value is -1.17. The summed E-state index contributed by atoms with van der Waals surface area (Å²) >= 11 is 0. The molecule has 0 aromatic heterocycles. The van der Waals surface area contributed by atoms with Crippen LogP contribution in [-0.4, -0.2) is 50.4 Å². The van der Waals surface area contributed by atoms with Gasteiger partial charge in [-0.05, 0) is 43.7 Å². The molecule has 2 N–H and O–H groups in total. The summed E-state index contributed by atoms with van der Waals surface area (Å²) in [5, 5.41) is 0. The largest absolute Gasteiger partial charge is 0.494 e. The molecule has 0 amide bonds. The summed E-state index contributed by atoms with van der Waals surface area (Å²) in [5.74, 6) is 0.416. The van der Waals surface area contributed by atoms with E-state index in [1.807, 2.05) is 0 Å². The van der Waals surface area contributed by atoms with E-state index in [2.05, 4.69) is 4.90 Å². The van der Waals surface area contributed by atoms with Gasteiger partial charge in [0.15, 0.2) is 0 Å². The van der Waals surface area contributed by atoms with E-state index in [9.17, 15) is 4.39 Å². The molecule has 2 atom stereocenters. The van der Waals surface area contributed by atoms with Gasteiger partial charge in [-0.15, -0.1) is 0 Å². The highest BCUT2D eigenvalue weighted by Gasteiger charge is 2.25. The molecule has 20 heavy (non-hydrogen) atoms. The maximum absolute atomic E-state index is 12.8. The number of benzene rings is 1. The molecule has 1 aromatic carbocycles. The monoisotopic (exact) mass is 284 g/mol. The molecular weight excluding hydrogens is 259 g/mol. The number of rotatable bonds is 6. The van der Waals surface area contributed by atoms with Crippen LogP contribution in [0, 0.1) is 5.82 Å². The van der Waals surface area contributed by atoms with Crippen molar-refractivity contribution in [3.05, 3.63) is 30.1 Å². The lowest BCUT2D eigenvalue weighted by Gasteiger charge is -2.35. The standard InChI is InChI=1S/C15H23FN2O2/c1-19-15-11-18(9-7-14(15)17)8-2-10-20-13-5-3-12(16)4-6-13/h3-6,14-15H,2,7-11,17H2,1H3/i14T. The van der Waals surface area contributed by atoms with Gasteiger partial charge in [0.1, 0.15) is 11.6 Å². The Kier molecular flexibility index (Phi) is 5.22. The first-order valence-corrected chi connectivity index (χ1v) is 6.93. The summed E-state index contributed by atoms with van der Waals surface area (Å²) in [4.78, 5) is 2.24. The fourth-order valence-corrected chi connectivity index (χ4v) is 2.33. The SMILES string of the molecule is [3H]C1(N)CCN(CCCOc2ccc(F)cc2)CC1OC. The van der Waals surface area contributed by atoms with Crippen molar-refractivity contribution in [1.29, 1.82) is 0 Å². The first-order chi connectivity index (χ1) is 10.0. The normalized spacial score (nSPS) is 28.1. The van der Waals surface area contributed by atoms with Crippen LogP contribution in [0.4, 0.5) is 4.39 Å². The second-order valence-corrected chi connectivity index (χ2v) is 5.01. The quantitative estimate of drug-likeness (QED) is 0.807. The van der Waals surface area contributed by atoms with E-state index in [0.29, 0.717) is 25.3 Å². The molecule has 1 fully saturated rings. The Morgan fingerprint density at radius 3 is 2.90 bits per heavy atom. The number of nitrogens with zero attached hydrogens (tertiary/aromatic N) is 1. The molecular formula is C15H23FN2O2. The van der Waals surface area contributed by atoms with Crippen LogP contribution in [0.3, 0.4) is 0 Å². The van der Waals surface area contributed by atoms with Gasteiger partial charge < -0.3 is 20.1 Å². The maximum atomic E-state index is 12.8. The molecule has 1 aromatic rings. The van der Waals surface area contributed by atoms with E-state index in [1.54, 1.807) is 19.2 Å². The zero-order chi connectivity index (χ0) is 15.3. The van der Waals surface area contributed by atoms with E-state index < -0.39 is 6.02 Å². The molecule has 1 aliphatic rings. The number of methoxy groups -OCH3 is 1. The van der Waals surface area contributed by atoms with E-state index in [1.165, 1.54) is 12.1 Å². The molecule has 2 unspecified atom stereocenters. The predicted octanol–water partition coefficient (Wildman–Crippen LogP) is 1.64. The van der Waals surface area contributed by atoms with Crippen molar-refractivity contribution in [2.24, 2.45) is 5.73 Å². The van der Waals surface area contributed by atoms with E-state index in [4.69, 9.17) is 16.6 Å². The molecule has 2 rings (SSSR count). The van der Waals surface area contributed by atoms with Crippen molar-refractivity contribution < 1.29 is 15.2 Å². The summed E-state index contributed by atoms with van der Waals surface area (Å²) in [5.41, 5.74) is 5.90. The summed E-state index contributed by atoms with van der Waals surface area (Å²) in [6.45, 7) is 2.93. The lowest BCUT2D eigenvalue weighted by molar-refractivity contribution is 0.0154. The fourth-order valence-electron chi connectivity index (χ4n) is 2.33. The van der Waals surface area contributed by atoms with Gasteiger partial charge in [-0.25, -0.2) is 4.39 Å². The van der Waals surface area contributed by atoms with E-state index in [0.717, 1.165) is 19.5 Å². The number of hydrogen-bond donors (Lipinski definition) is 1. The van der Waals surface area contributed by atoms with Crippen molar-refractivity contribution in [1.82, 2.24) is 4.90 Å². The molecule has 112 valence electrons. The second-order valence-electron chi connectivity index (χ2n) is 5.01. The van der Waals surface area contributed by atoms with Gasteiger partial charge in [0.2, 0.25) is 0 Å². The topological polar surface area (TPSA) is 47.7 Å². The minimum atomic E-state index is -0.990. The molecule has 1 aliphatic heterocycles. The number of ether oxygens (including phenoxy) is 2. The van der Waals surface area contributed by atoms with Crippen molar-refractivity contribution in [2.75, 3.05) is 33.4 Å². The van der Waals surface area contributed by atoms with E-state index >= 15 is 0 Å². The Morgan fingerprint density at radius 1 is 1.45 bits per heavy atom. The summed E-state index contributed by atoms with van der Waals surface area (Å²) < 4.78 is 31.6. The van der Waals surface area contributed by atoms with Gasteiger partial charge in [0, 0.05) is 27.6 Å². The molecule has 5 heteroatoms. The molecule has 0 saturated carbocycles. The van der Waals surface area contributed by atoms with E-state index in [-0.39, 0.29) is 11.9 Å². The van der Waals surface area contributed by atoms with Crippen LogP contribution in [0.2, 0.25) is 0 Å². The van der Waals surface area contributed by atoms with Gasteiger partial charge >= 0.3 is 0 Å².